The molecule has 92 heavy (non-hydrogen) atoms. The highest BCUT2D eigenvalue weighted by Gasteiger charge is 2.47. The molecule has 24 heteroatoms. The predicted molar refractivity (Wildman–Crippen MR) is 343 cm³/mol. The lowest BCUT2D eigenvalue weighted by atomic mass is 9.83. The third kappa shape index (κ3) is 20.4. The molecule has 5 rings (SSSR count). The lowest BCUT2D eigenvalue weighted by Gasteiger charge is -2.42. The minimum Gasteiger partial charge on any atom is -0.462 e. The van der Waals surface area contributed by atoms with Crippen molar-refractivity contribution in [2.75, 3.05) is 61.3 Å². The molecule has 3 fully saturated rings. The Bertz CT molecular complexity index is 2820. The molecule has 0 aromatic heterocycles. The Labute approximate surface area is 547 Å². The summed E-state index contributed by atoms with van der Waals surface area (Å²) in [7, 11) is 8.68. The highest BCUT2D eigenvalue weighted by atomic mass is 32.2. The summed E-state index contributed by atoms with van der Waals surface area (Å²) in [6.45, 7) is 15.6. The topological polar surface area (TPSA) is 324 Å². The number of aliphatic hydroxyl groups excluding tert-OH is 4. The van der Waals surface area contributed by atoms with E-state index in [9.17, 15) is 49.2 Å². The van der Waals surface area contributed by atoms with Crippen LogP contribution in [0.4, 0.5) is 0 Å². The van der Waals surface area contributed by atoms with E-state index < -0.39 is 95.7 Å². The molecule has 2 aromatic rings. The molecule has 2 aromatic carbocycles. The number of amides is 4. The first-order valence-electron chi connectivity index (χ1n) is 32.2. The van der Waals surface area contributed by atoms with Crippen LogP contribution in [-0.2, 0) is 75.1 Å². The molecule has 0 aliphatic carbocycles. The van der Waals surface area contributed by atoms with Crippen molar-refractivity contribution in [3.05, 3.63) is 65.2 Å². The molecule has 3 heterocycles. The van der Waals surface area contributed by atoms with Gasteiger partial charge in [-0.1, -0.05) is 92.1 Å². The van der Waals surface area contributed by atoms with Gasteiger partial charge < -0.3 is 59.4 Å². The van der Waals surface area contributed by atoms with Gasteiger partial charge in [-0.3, -0.25) is 43.3 Å². The summed E-state index contributed by atoms with van der Waals surface area (Å²) in [6, 6.07) is 11.7. The number of quaternary nitrogens is 1. The normalized spacial score (nSPS) is 22.7. The number of hydrogen-bond donors (Lipinski definition) is 5. The molecule has 0 saturated carbocycles. The molecular formula is C68H104N5O18S+. The number of rotatable bonds is 36. The van der Waals surface area contributed by atoms with E-state index in [1.165, 1.54) is 11.8 Å². The van der Waals surface area contributed by atoms with Crippen molar-refractivity contribution in [2.45, 2.75) is 205 Å². The van der Waals surface area contributed by atoms with Crippen molar-refractivity contribution in [3.8, 4) is 5.75 Å². The number of ether oxygens (including phenoxy) is 4. The number of likely N-dealkylation sites (tertiary alicyclic amines) is 2. The van der Waals surface area contributed by atoms with Gasteiger partial charge in [0.25, 0.3) is 0 Å². The van der Waals surface area contributed by atoms with Crippen LogP contribution in [0.2, 0.25) is 0 Å². The fourth-order valence-electron chi connectivity index (χ4n) is 13.7. The Kier molecular flexibility index (Phi) is 31.6. The molecule has 1 unspecified atom stereocenters. The van der Waals surface area contributed by atoms with E-state index in [2.05, 4.69) is 0 Å². The average molecular weight is 1310 g/mol. The molecule has 3 aliphatic rings. The highest BCUT2D eigenvalue weighted by molar-refractivity contribution is 8.00. The first-order chi connectivity index (χ1) is 43.4. The number of aliphatic hydroxyl groups is 4. The van der Waals surface area contributed by atoms with Crippen LogP contribution in [-0.4, -0.2) is 220 Å². The van der Waals surface area contributed by atoms with Crippen LogP contribution in [0.3, 0.4) is 0 Å². The maximum Gasteiger partial charge on any atom is 0.373 e. The number of hydrogen-bond acceptors (Lipinski definition) is 20. The number of nitrogens with zero attached hydrogens (tertiary/aromatic N) is 4. The van der Waals surface area contributed by atoms with Gasteiger partial charge >= 0.3 is 6.15 Å². The van der Waals surface area contributed by atoms with Crippen LogP contribution < -0.4 is 10.5 Å². The second-order valence-electron chi connectivity index (χ2n) is 26.4. The van der Waals surface area contributed by atoms with Crippen molar-refractivity contribution in [2.24, 2.45) is 41.2 Å². The summed E-state index contributed by atoms with van der Waals surface area (Å²) in [5.41, 5.74) is 7.76. The second kappa shape index (κ2) is 36.9. The van der Waals surface area contributed by atoms with Gasteiger partial charge in [0.15, 0.2) is 17.6 Å². The van der Waals surface area contributed by atoms with Crippen molar-refractivity contribution in [1.82, 2.24) is 14.7 Å². The molecule has 0 bridgehead atoms. The number of methoxy groups -OCH3 is 2. The summed E-state index contributed by atoms with van der Waals surface area (Å²) in [5, 5.41) is 41.9. The molecule has 514 valence electrons. The zero-order chi connectivity index (χ0) is 69.1. The van der Waals surface area contributed by atoms with Crippen LogP contribution in [0.1, 0.15) is 142 Å². The average Bonchev–Trinajstić information content (AvgIpc) is 1.39. The molecule has 3 aliphatic heterocycles. The minimum absolute atomic E-state index is 0.0190. The number of nitrogens with two attached hydrogens (primary N) is 1. The number of Topliss-reactive ketones (excluding diaryl/α,β-unsaturated/α-hetero) is 4. The van der Waals surface area contributed by atoms with E-state index in [4.69, 9.17) is 34.3 Å². The summed E-state index contributed by atoms with van der Waals surface area (Å²) < 4.78 is 24.0. The third-order valence-corrected chi connectivity index (χ3v) is 19.8. The monoisotopic (exact) mass is 1310 g/mol. The van der Waals surface area contributed by atoms with Gasteiger partial charge in [0, 0.05) is 102 Å². The quantitative estimate of drug-likeness (QED) is 0.0457. The van der Waals surface area contributed by atoms with Crippen molar-refractivity contribution in [1.29, 1.82) is 0 Å². The van der Waals surface area contributed by atoms with Gasteiger partial charge in [-0.2, -0.15) is 21.4 Å². The van der Waals surface area contributed by atoms with Crippen molar-refractivity contribution < 1.29 is 91.8 Å². The van der Waals surface area contributed by atoms with Gasteiger partial charge in [-0.25, -0.2) is 0 Å². The standard InChI is InChI=1S/C67H104N5O16S.CO2/c1-15-40(6)59(55(85-12)33-57(78)70-28-20-24-48(70)64(86-13)42(8)51(75)29-41(7)61(80)44-21-17-16-18-22-44)69(9)65(83)47(38(2)3)32-52(76)60(39(4)5)72(10,11)36-43-26-27-54(88-67-63(82)62(81)53(77)37-87-67)45(30-43)31-46(73)23-19-25-50(74)49(35-68)71-58(79)34-56(89-14)66(71)84;2-1-3/h16-18,21-22,26-27,30,38-42,47-49,53,55-56,59-64,67,77,80-82H,15,19-20,23-25,28-29,31-37,68H2,1-14H3;/q+1;/t40-,41-,42-,47-,48-,49-,53+,55+,56?,59-,60-,61+,62-,63+,64+,67-;/m0./s1. The minimum atomic E-state index is -1.63. The number of ketones is 4. The Hall–Kier alpha value is -5.63. The van der Waals surface area contributed by atoms with Crippen LogP contribution in [0.15, 0.2) is 48.5 Å². The van der Waals surface area contributed by atoms with Gasteiger partial charge in [0.1, 0.15) is 48.2 Å². The number of thioether (sulfide) groups is 1. The van der Waals surface area contributed by atoms with E-state index in [1.54, 1.807) is 55.5 Å². The first kappa shape index (κ1) is 78.8. The molecular weight excluding hydrogens is 1210 g/mol. The molecule has 0 spiro atoms. The number of imide groups is 1. The largest absolute Gasteiger partial charge is 0.462 e. The fourth-order valence-corrected chi connectivity index (χ4v) is 14.3. The number of carbonyl (C=O) groups is 8. The number of benzene rings is 2. The Balaban J connectivity index is 0.00000589. The first-order valence-corrected chi connectivity index (χ1v) is 33.5. The predicted octanol–water partition coefficient (Wildman–Crippen LogP) is 4.67. The molecule has 3 saturated heterocycles. The Morgan fingerprint density at radius 1 is 0.859 bits per heavy atom. The molecule has 0 radical (unpaired) electrons. The van der Waals surface area contributed by atoms with Gasteiger partial charge in [0.2, 0.25) is 29.9 Å². The maximum atomic E-state index is 15.1. The van der Waals surface area contributed by atoms with E-state index in [1.807, 2.05) is 99.8 Å². The smallest absolute Gasteiger partial charge is 0.373 e. The Morgan fingerprint density at radius 2 is 1.51 bits per heavy atom. The molecule has 4 amide bonds. The van der Waals surface area contributed by atoms with Gasteiger partial charge in [0.05, 0.1) is 62.8 Å². The van der Waals surface area contributed by atoms with Crippen molar-refractivity contribution in [3.63, 3.8) is 0 Å². The fraction of sp³-hybridized carbons (Fsp3) is 0.691. The summed E-state index contributed by atoms with van der Waals surface area (Å²) in [4.78, 5) is 132. The third-order valence-electron chi connectivity index (χ3n) is 18.8. The number of likely N-dealkylation sites (N-methyl/N-ethyl adjacent to an activating group) is 2. The SMILES string of the molecule is CC[C@H](C)[C@@H]([C@@H](CC(=O)N1CCC[C@H]1[C@H](OC)[C@@H](C)C(=O)C[C@H](C)[C@@H](O)c1ccccc1)OC)N(C)C(=O)[C@@H](CC(=O)[C@H](C(C)C)[N+](C)(C)Cc1ccc(O[C@@H]2OC[C@@H](O)[C@H](O)[C@H]2O)c(CC(=O)CCCC(=O)[C@H](CN)N2C(=O)CC(SC)C2=O)c1)C(C)C.O=C=O. The highest BCUT2D eigenvalue weighted by Crippen LogP contribution is 2.35. The zero-order valence-corrected chi connectivity index (χ0v) is 57.2. The van der Waals surface area contributed by atoms with Gasteiger partial charge in [-0.15, -0.1) is 0 Å². The lowest BCUT2D eigenvalue weighted by molar-refractivity contribution is -0.922. The molecule has 16 atom stereocenters. The summed E-state index contributed by atoms with van der Waals surface area (Å²) in [6.07, 6.45) is -4.38. The Morgan fingerprint density at radius 3 is 2.08 bits per heavy atom. The van der Waals surface area contributed by atoms with Crippen LogP contribution >= 0.6 is 11.8 Å². The molecule has 23 nitrogen and oxygen atoms in total. The number of carbonyl (C=O) groups excluding carboxylic acids is 10. The van der Waals surface area contributed by atoms with E-state index in [0.717, 1.165) is 10.5 Å². The van der Waals surface area contributed by atoms with Crippen LogP contribution in [0.5, 0.6) is 5.75 Å². The van der Waals surface area contributed by atoms with E-state index in [0.29, 0.717) is 36.9 Å². The van der Waals surface area contributed by atoms with Crippen LogP contribution in [0, 0.1) is 35.5 Å². The lowest BCUT2D eigenvalue weighted by Crippen LogP contribution is -2.56. The van der Waals surface area contributed by atoms with Gasteiger partial charge in [-0.05, 0) is 67.0 Å². The maximum absolute atomic E-state index is 15.1. The van der Waals surface area contributed by atoms with E-state index in [-0.39, 0.29) is 146 Å². The van der Waals surface area contributed by atoms with Crippen molar-refractivity contribution >= 4 is 64.7 Å². The van der Waals surface area contributed by atoms with E-state index >= 15 is 9.59 Å². The summed E-state index contributed by atoms with van der Waals surface area (Å²) >= 11 is 1.23. The summed E-state index contributed by atoms with van der Waals surface area (Å²) in [5.74, 6) is -4.35. The van der Waals surface area contributed by atoms with Crippen LogP contribution in [0.25, 0.3) is 0 Å². The zero-order valence-electron chi connectivity index (χ0n) is 56.4. The second-order valence-corrected chi connectivity index (χ2v) is 27.5. The molecule has 6 N–H and O–H groups in total.